The minimum Gasteiger partial charge on any atom is -0.451 e. The molecule has 2 aliphatic carbocycles. The van der Waals surface area contributed by atoms with Crippen molar-refractivity contribution in [2.75, 3.05) is 42.9 Å². The number of nitro groups is 1. The van der Waals surface area contributed by atoms with Crippen LogP contribution in [0.2, 0.25) is 0 Å². The third-order valence-electron chi connectivity index (χ3n) is 14.9. The highest BCUT2D eigenvalue weighted by Gasteiger charge is 2.49. The SMILES string of the molecule is CC(C)c1ccccc1[C@@H]1CCC[C@@H]1N1CC2(CCN(c3ccc(C(=O)NS(=O)(=O)c4ccc(NC[C@H]5CC[C@](C)(O)CC5)c([N+](=O)[O-])c4)c(Oc4cc5c(F)c[nH]c5nc4OC(F)F)c3)CC2)C1. The molecule has 0 bridgehead atoms. The largest absolute Gasteiger partial charge is 0.451 e. The van der Waals surface area contributed by atoms with Crippen molar-refractivity contribution in [2.45, 2.75) is 114 Å². The number of hydrogen-bond donors (Lipinski definition) is 4. The van der Waals surface area contributed by atoms with Crippen molar-refractivity contribution in [2.24, 2.45) is 11.3 Å². The van der Waals surface area contributed by atoms with E-state index in [1.165, 1.54) is 48.6 Å². The first kappa shape index (κ1) is 48.1. The van der Waals surface area contributed by atoms with Crippen molar-refractivity contribution in [3.63, 3.8) is 0 Å². The van der Waals surface area contributed by atoms with Crippen LogP contribution >= 0.6 is 0 Å². The monoisotopic (exact) mass is 973 g/mol. The van der Waals surface area contributed by atoms with Crippen LogP contribution in [0, 0.1) is 27.3 Å². The van der Waals surface area contributed by atoms with Crippen molar-refractivity contribution >= 4 is 44.0 Å². The number of halogens is 3. The van der Waals surface area contributed by atoms with Gasteiger partial charge in [-0.1, -0.05) is 44.5 Å². The maximum absolute atomic E-state index is 14.8. The molecule has 5 aromatic rings. The molecule has 4 aliphatic rings. The van der Waals surface area contributed by atoms with Crippen molar-refractivity contribution in [3.8, 4) is 17.4 Å². The zero-order valence-corrected chi connectivity index (χ0v) is 39.7. The molecule has 15 nitrogen and oxygen atoms in total. The number of sulfonamides is 1. The molecule has 2 saturated carbocycles. The lowest BCUT2D eigenvalue weighted by atomic mass is 9.70. The van der Waals surface area contributed by atoms with Gasteiger partial charge in [0.05, 0.1) is 26.4 Å². The molecule has 0 unspecified atom stereocenters. The van der Waals surface area contributed by atoms with Crippen LogP contribution in [0.3, 0.4) is 0 Å². The molecule has 0 radical (unpaired) electrons. The average molecular weight is 974 g/mol. The fourth-order valence-electron chi connectivity index (χ4n) is 11.0. The van der Waals surface area contributed by atoms with E-state index in [2.05, 4.69) is 67.9 Å². The van der Waals surface area contributed by atoms with Crippen LogP contribution in [0.5, 0.6) is 17.4 Å². The number of pyridine rings is 1. The summed E-state index contributed by atoms with van der Waals surface area (Å²) in [5.41, 5.74) is 1.99. The molecular weight excluding hydrogens is 916 g/mol. The van der Waals surface area contributed by atoms with E-state index in [1.807, 2.05) is 4.72 Å². The lowest BCUT2D eigenvalue weighted by Gasteiger charge is -2.57. The van der Waals surface area contributed by atoms with Crippen molar-refractivity contribution in [1.82, 2.24) is 19.6 Å². The predicted molar refractivity (Wildman–Crippen MR) is 254 cm³/mol. The number of amides is 1. The van der Waals surface area contributed by atoms with E-state index in [9.17, 15) is 41.6 Å². The molecule has 1 spiro atoms. The number of nitrogens with one attached hydrogen (secondary N) is 3. The van der Waals surface area contributed by atoms with Gasteiger partial charge < -0.3 is 29.8 Å². The first-order valence-electron chi connectivity index (χ1n) is 23.7. The minimum atomic E-state index is -4.77. The van der Waals surface area contributed by atoms with Crippen LogP contribution in [0.4, 0.5) is 30.2 Å². The number of fused-ring (bicyclic) bond motifs is 1. The van der Waals surface area contributed by atoms with Gasteiger partial charge in [0.15, 0.2) is 5.75 Å². The Morgan fingerprint density at radius 2 is 1.74 bits per heavy atom. The van der Waals surface area contributed by atoms with Crippen molar-refractivity contribution in [3.05, 3.63) is 106 Å². The Kier molecular flexibility index (Phi) is 13.3. The number of aliphatic hydroxyl groups is 1. The number of aromatic amines is 1. The molecule has 4 fully saturated rings. The van der Waals surface area contributed by atoms with E-state index in [-0.39, 0.29) is 39.4 Å². The Hall–Kier alpha value is -5.92. The Bertz CT molecular complexity index is 2830. The molecule has 2 saturated heterocycles. The highest BCUT2D eigenvalue weighted by atomic mass is 32.2. The van der Waals surface area contributed by atoms with Crippen molar-refractivity contribution < 1.29 is 45.9 Å². The number of H-pyrrole nitrogens is 1. The topological polar surface area (TPSA) is 192 Å². The molecule has 9 rings (SSSR count). The summed E-state index contributed by atoms with van der Waals surface area (Å²) in [6, 6.07) is 18.1. The van der Waals surface area contributed by atoms with Crippen LogP contribution in [0.15, 0.2) is 77.8 Å². The van der Waals surface area contributed by atoms with Gasteiger partial charge in [-0.05, 0) is 117 Å². The fourth-order valence-corrected chi connectivity index (χ4v) is 12.0. The second kappa shape index (κ2) is 19.1. The number of likely N-dealkylation sites (tertiary alicyclic amines) is 1. The second-order valence-corrected chi connectivity index (χ2v) is 21.6. The summed E-state index contributed by atoms with van der Waals surface area (Å²) >= 11 is 0. The number of carbonyl (C=O) groups excluding carboxylic acids is 1. The van der Waals surface area contributed by atoms with Gasteiger partial charge in [0.2, 0.25) is 0 Å². The van der Waals surface area contributed by atoms with Crippen LogP contribution in [0.1, 0.15) is 112 Å². The normalized spacial score (nSPS) is 22.8. The summed E-state index contributed by atoms with van der Waals surface area (Å²) in [7, 11) is -4.77. The number of alkyl halides is 2. The van der Waals surface area contributed by atoms with Gasteiger partial charge in [-0.15, -0.1) is 0 Å². The molecule has 368 valence electrons. The zero-order chi connectivity index (χ0) is 48.8. The molecule has 4 heterocycles. The molecule has 3 aromatic carbocycles. The van der Waals surface area contributed by atoms with E-state index >= 15 is 0 Å². The summed E-state index contributed by atoms with van der Waals surface area (Å²) in [5.74, 6) is -2.32. The summed E-state index contributed by atoms with van der Waals surface area (Å²) < 4.78 is 82.6. The lowest BCUT2D eigenvalue weighted by molar-refractivity contribution is -0.384. The maximum Gasteiger partial charge on any atom is 0.388 e. The Morgan fingerprint density at radius 3 is 2.45 bits per heavy atom. The number of hydrogen-bond acceptors (Lipinski definition) is 12. The minimum absolute atomic E-state index is 0.0872. The van der Waals surface area contributed by atoms with Crippen LogP contribution < -0.4 is 24.4 Å². The molecule has 2 aliphatic heterocycles. The first-order valence-corrected chi connectivity index (χ1v) is 25.2. The van der Waals surface area contributed by atoms with Gasteiger partial charge in [-0.2, -0.15) is 13.8 Å². The highest BCUT2D eigenvalue weighted by Crippen LogP contribution is 2.49. The van der Waals surface area contributed by atoms with Crippen LogP contribution in [-0.2, 0) is 10.0 Å². The highest BCUT2D eigenvalue weighted by molar-refractivity contribution is 7.90. The van der Waals surface area contributed by atoms with E-state index in [4.69, 9.17) is 4.74 Å². The molecule has 4 N–H and O–H groups in total. The fraction of sp³-hybridized carbons (Fsp3) is 0.480. The molecular formula is C50H58F3N7O8S. The van der Waals surface area contributed by atoms with Gasteiger partial charge in [-0.25, -0.2) is 17.5 Å². The number of piperidine rings is 1. The number of anilines is 2. The molecule has 2 atom stereocenters. The maximum atomic E-state index is 14.8. The number of rotatable bonds is 15. The smallest absolute Gasteiger partial charge is 0.388 e. The third-order valence-corrected chi connectivity index (χ3v) is 16.2. The Morgan fingerprint density at radius 1 is 1.00 bits per heavy atom. The van der Waals surface area contributed by atoms with Gasteiger partial charge in [0.25, 0.3) is 27.5 Å². The Labute approximate surface area is 399 Å². The number of carbonyl (C=O) groups is 1. The first-order chi connectivity index (χ1) is 32.9. The van der Waals surface area contributed by atoms with E-state index < -0.39 is 61.1 Å². The van der Waals surface area contributed by atoms with Crippen molar-refractivity contribution in [1.29, 1.82) is 0 Å². The van der Waals surface area contributed by atoms with Crippen LogP contribution in [0.25, 0.3) is 11.0 Å². The van der Waals surface area contributed by atoms with Gasteiger partial charge in [0, 0.05) is 68.8 Å². The lowest BCUT2D eigenvalue weighted by Crippen LogP contribution is -2.63. The van der Waals surface area contributed by atoms with Gasteiger partial charge in [0.1, 0.15) is 22.9 Å². The quantitative estimate of drug-likeness (QED) is 0.0574. The summed E-state index contributed by atoms with van der Waals surface area (Å²) in [6.45, 7) is 6.61. The van der Waals surface area contributed by atoms with Gasteiger partial charge in [-0.3, -0.25) is 19.8 Å². The summed E-state index contributed by atoms with van der Waals surface area (Å²) in [6.07, 6.45) is 8.91. The predicted octanol–water partition coefficient (Wildman–Crippen LogP) is 9.84. The van der Waals surface area contributed by atoms with Gasteiger partial charge >= 0.3 is 6.61 Å². The number of nitro benzene ring substituents is 1. The third kappa shape index (κ3) is 10.2. The molecule has 1 amide bonds. The second-order valence-electron chi connectivity index (χ2n) is 20.0. The number of benzene rings is 3. The molecule has 69 heavy (non-hydrogen) atoms. The van der Waals surface area contributed by atoms with E-state index in [0.717, 1.165) is 50.3 Å². The average Bonchev–Trinajstić information content (AvgIpc) is 3.93. The number of nitrogens with zero attached hydrogens (tertiary/aromatic N) is 4. The summed E-state index contributed by atoms with van der Waals surface area (Å²) in [5, 5.41) is 25.4. The molecule has 2 aromatic heterocycles. The molecule has 19 heteroatoms. The summed E-state index contributed by atoms with van der Waals surface area (Å²) in [4.78, 5) is 36.3. The van der Waals surface area contributed by atoms with Crippen LogP contribution in [-0.4, -0.2) is 90.2 Å². The van der Waals surface area contributed by atoms with E-state index in [1.54, 1.807) is 13.0 Å². The van der Waals surface area contributed by atoms with E-state index in [0.29, 0.717) is 68.9 Å². The Balaban J connectivity index is 0.943. The number of aromatic nitrogens is 2. The standard InChI is InChI=1S/C50H58F3N7O8S/c1-30(2)34-7-4-5-8-35(34)36-9-6-10-41(36)59-28-50(29-59)19-21-58(22-20-50)32-11-13-37(43(23-32)67-44-25-38-39(51)27-55-45(38)56-47(44)68-48(52)53)46(61)57-69(65,66)33-12-14-40(42(24-33)60(63)64)54-26-31-15-17-49(3,62)18-16-31/h4-5,7-8,11-14,23-25,27,30-31,36,41,48,54,62H,6,9-10,15-22,26,28-29H2,1-3H3,(H,55,56)(H,57,61)/t31-,36-,41-,49-/m0/s1. The zero-order valence-electron chi connectivity index (χ0n) is 38.9. The number of ether oxygens (including phenoxy) is 2.